The molecule has 0 atom stereocenters. The predicted octanol–water partition coefficient (Wildman–Crippen LogP) is 7.43. The van der Waals surface area contributed by atoms with Gasteiger partial charge in [0.05, 0.1) is 5.70 Å². The molecule has 0 aromatic heterocycles. The molecule has 2 aromatic rings. The normalized spacial score (nSPS) is 14.3. The number of rotatable bonds is 9. The zero-order valence-electron chi connectivity index (χ0n) is 22.8. The van der Waals surface area contributed by atoms with Crippen molar-refractivity contribution in [2.24, 2.45) is 15.7 Å². The summed E-state index contributed by atoms with van der Waals surface area (Å²) < 4.78 is 0. The van der Waals surface area contributed by atoms with E-state index in [4.69, 9.17) is 4.99 Å². The summed E-state index contributed by atoms with van der Waals surface area (Å²) in [5, 5.41) is 0. The number of nitrogens with two attached hydrogens (primary N) is 1. The molecule has 2 aliphatic heterocycles. The van der Waals surface area contributed by atoms with Crippen LogP contribution in [0.5, 0.6) is 0 Å². The maximum atomic E-state index is 5.27. The monoisotopic (exact) mass is 502 g/mol. The van der Waals surface area contributed by atoms with Crippen molar-refractivity contribution in [3.63, 3.8) is 0 Å². The predicted molar refractivity (Wildman–Crippen MR) is 165 cm³/mol. The molecule has 0 aliphatic carbocycles. The Hall–Kier alpha value is -4.40. The summed E-state index contributed by atoms with van der Waals surface area (Å²) in [4.78, 5) is 11.9. The zero-order chi connectivity index (χ0) is 27.3. The van der Waals surface area contributed by atoms with Gasteiger partial charge in [-0.15, -0.1) is 0 Å². The largest absolute Gasteiger partial charge is 0.405 e. The Labute approximate surface area is 228 Å². The van der Waals surface area contributed by atoms with Crippen LogP contribution in [0.2, 0.25) is 0 Å². The van der Waals surface area contributed by atoms with Gasteiger partial charge in [-0.25, -0.2) is 4.99 Å². The third-order valence-electron chi connectivity index (χ3n) is 6.19. The number of nitrogens with zero attached hydrogens (tertiary/aromatic N) is 3. The minimum atomic E-state index is 0.743. The number of benzene rings is 2. The number of aliphatic imine (C=N–C) groups is 2. The number of aryl methyl sites for hydroxylation is 1. The van der Waals surface area contributed by atoms with Crippen LogP contribution in [0.15, 0.2) is 125 Å². The molecule has 0 fully saturated rings. The number of allylic oxidation sites excluding steroid dienone is 5. The quantitative estimate of drug-likeness (QED) is 0.363. The van der Waals surface area contributed by atoms with Gasteiger partial charge in [0.15, 0.2) is 0 Å². The van der Waals surface area contributed by atoms with E-state index in [2.05, 4.69) is 115 Å². The first-order valence-corrected chi connectivity index (χ1v) is 13.0. The molecule has 2 aliphatic rings. The zero-order valence-corrected chi connectivity index (χ0v) is 22.8. The standard InChI is InChI=1S/C32H33N3.C2H5N/c1-5-7-14-26(6-2)23-35(20-19-27-15-10-12-24(3)21-27)32-25(4)13-11-18-30(34-32)28-16-8-9-17-29(28)31-22-33-31;1-2-3/h5-10,12-18,21H,2,11,19-20,23H2,1,3-4H3;2H,1,3H2/b7-5-,26-14+;. The Morgan fingerprint density at radius 2 is 1.82 bits per heavy atom. The minimum Gasteiger partial charge on any atom is -0.405 e. The molecule has 0 spiro atoms. The molecule has 2 aromatic carbocycles. The molecule has 0 bridgehead atoms. The molecule has 2 heterocycles. The van der Waals surface area contributed by atoms with Gasteiger partial charge in [-0.05, 0) is 56.5 Å². The Kier molecular flexibility index (Phi) is 10.7. The summed E-state index contributed by atoms with van der Waals surface area (Å²) in [6, 6.07) is 17.1. The fraction of sp³-hybridized carbons (Fsp3) is 0.206. The first-order chi connectivity index (χ1) is 18.5. The summed E-state index contributed by atoms with van der Waals surface area (Å²) in [7, 11) is 0. The molecule has 4 nitrogen and oxygen atoms in total. The van der Waals surface area contributed by atoms with E-state index in [9.17, 15) is 0 Å². The van der Waals surface area contributed by atoms with Crippen molar-refractivity contribution in [3.8, 4) is 0 Å². The molecule has 0 amide bonds. The number of hydrogen-bond donors (Lipinski definition) is 1. The second-order valence-corrected chi connectivity index (χ2v) is 9.13. The average molecular weight is 503 g/mol. The maximum Gasteiger partial charge on any atom is 0.142 e. The Balaban J connectivity index is 0.00000127. The summed E-state index contributed by atoms with van der Waals surface area (Å²) in [5.74, 6) is 4.01. The van der Waals surface area contributed by atoms with E-state index in [0.717, 1.165) is 59.9 Å². The van der Waals surface area contributed by atoms with Crippen LogP contribution in [-0.4, -0.2) is 29.7 Å². The Bertz CT molecular complexity index is 1370. The van der Waals surface area contributed by atoms with Gasteiger partial charge < -0.3 is 10.6 Å². The van der Waals surface area contributed by atoms with Crippen molar-refractivity contribution >= 4 is 23.1 Å². The number of amidine groups is 1. The highest BCUT2D eigenvalue weighted by Crippen LogP contribution is 2.31. The highest BCUT2D eigenvalue weighted by molar-refractivity contribution is 6.07. The van der Waals surface area contributed by atoms with Crippen LogP contribution < -0.4 is 5.73 Å². The lowest BCUT2D eigenvalue weighted by Crippen LogP contribution is -2.35. The van der Waals surface area contributed by atoms with Crippen molar-refractivity contribution in [1.82, 2.24) is 4.90 Å². The van der Waals surface area contributed by atoms with Gasteiger partial charge in [0.25, 0.3) is 0 Å². The van der Waals surface area contributed by atoms with Gasteiger partial charge in [-0.3, -0.25) is 0 Å². The highest BCUT2D eigenvalue weighted by Gasteiger charge is 2.20. The van der Waals surface area contributed by atoms with E-state index in [1.165, 1.54) is 22.9 Å². The lowest BCUT2D eigenvalue weighted by Gasteiger charge is -2.28. The summed E-state index contributed by atoms with van der Waals surface area (Å²) >= 11 is 0. The second-order valence-electron chi connectivity index (χ2n) is 9.13. The van der Waals surface area contributed by atoms with Gasteiger partial charge in [0.1, 0.15) is 11.5 Å². The topological polar surface area (TPSA) is 54.0 Å². The molecule has 194 valence electrons. The average Bonchev–Trinajstić information content (AvgIpc) is 3.77. The van der Waals surface area contributed by atoms with Gasteiger partial charge >= 0.3 is 0 Å². The first-order valence-electron chi connectivity index (χ1n) is 13.0. The SMILES string of the molecule is C=C/C(=C\C=C/C)CN(CCc1cccc(C)c1)C1=NC(c2ccccc2C2=C=N2)=CCC=C1C.C=CN. The van der Waals surface area contributed by atoms with Gasteiger partial charge in [0, 0.05) is 30.1 Å². The maximum absolute atomic E-state index is 5.27. The van der Waals surface area contributed by atoms with Crippen LogP contribution in [-0.2, 0) is 6.42 Å². The van der Waals surface area contributed by atoms with Gasteiger partial charge in [-0.2, -0.15) is 4.99 Å². The van der Waals surface area contributed by atoms with E-state index >= 15 is 0 Å². The first kappa shape index (κ1) is 28.2. The van der Waals surface area contributed by atoms with Crippen molar-refractivity contribution in [3.05, 3.63) is 138 Å². The van der Waals surface area contributed by atoms with Crippen LogP contribution >= 0.6 is 0 Å². The van der Waals surface area contributed by atoms with E-state index in [0.29, 0.717) is 0 Å². The Morgan fingerprint density at radius 1 is 1.08 bits per heavy atom. The molecule has 0 saturated carbocycles. The third-order valence-corrected chi connectivity index (χ3v) is 6.19. The van der Waals surface area contributed by atoms with Crippen LogP contribution in [0.25, 0.3) is 11.4 Å². The van der Waals surface area contributed by atoms with E-state index in [1.807, 2.05) is 25.1 Å². The van der Waals surface area contributed by atoms with Crippen molar-refractivity contribution in [2.45, 2.75) is 33.6 Å². The highest BCUT2D eigenvalue weighted by atomic mass is 15.2. The van der Waals surface area contributed by atoms with Crippen LogP contribution in [0.3, 0.4) is 0 Å². The third kappa shape index (κ3) is 8.06. The van der Waals surface area contributed by atoms with Gasteiger partial charge in [-0.1, -0.05) is 104 Å². The van der Waals surface area contributed by atoms with Crippen molar-refractivity contribution < 1.29 is 0 Å². The smallest absolute Gasteiger partial charge is 0.142 e. The fourth-order valence-corrected chi connectivity index (χ4v) is 4.26. The van der Waals surface area contributed by atoms with E-state index < -0.39 is 0 Å². The summed E-state index contributed by atoms with van der Waals surface area (Å²) in [6.07, 6.45) is 15.7. The second kappa shape index (κ2) is 14.4. The van der Waals surface area contributed by atoms with Crippen molar-refractivity contribution in [1.29, 1.82) is 0 Å². The molecule has 0 radical (unpaired) electrons. The molecular formula is C34H38N4. The molecular weight excluding hydrogens is 464 g/mol. The molecule has 4 rings (SSSR count). The van der Waals surface area contributed by atoms with E-state index in [-0.39, 0.29) is 0 Å². The van der Waals surface area contributed by atoms with Crippen molar-refractivity contribution in [2.75, 3.05) is 13.1 Å². The number of hydrogen-bond acceptors (Lipinski definition) is 4. The summed E-state index contributed by atoms with van der Waals surface area (Å²) in [6.45, 7) is 15.1. The molecule has 38 heavy (non-hydrogen) atoms. The fourth-order valence-electron chi connectivity index (χ4n) is 4.26. The minimum absolute atomic E-state index is 0.743. The molecule has 0 unspecified atom stereocenters. The lowest BCUT2D eigenvalue weighted by molar-refractivity contribution is 0.459. The lowest BCUT2D eigenvalue weighted by atomic mass is 10.0. The van der Waals surface area contributed by atoms with Crippen LogP contribution in [0.4, 0.5) is 0 Å². The van der Waals surface area contributed by atoms with Crippen LogP contribution in [0, 0.1) is 6.92 Å². The molecule has 2 N–H and O–H groups in total. The van der Waals surface area contributed by atoms with Gasteiger partial charge in [0.2, 0.25) is 0 Å². The molecule has 4 heteroatoms. The summed E-state index contributed by atoms with van der Waals surface area (Å²) in [5.41, 5.74) is 13.7. The molecule has 0 saturated heterocycles. The Morgan fingerprint density at radius 3 is 2.47 bits per heavy atom. The van der Waals surface area contributed by atoms with Crippen LogP contribution in [0.1, 0.15) is 42.5 Å². The van der Waals surface area contributed by atoms with E-state index in [1.54, 1.807) is 0 Å².